The average Bonchev–Trinajstić information content (AvgIpc) is 3.29. The molecule has 0 unspecified atom stereocenters. The molecule has 0 aliphatic heterocycles. The molecular weight excluding hydrogens is 286 g/mol. The zero-order valence-electron chi connectivity index (χ0n) is 11.8. The SMILES string of the molecule is CCN(C(=O)Cn1c(=S)[nH]c2ccccc2c1=O)C1CC1. The van der Waals surface area contributed by atoms with Crippen LogP contribution in [0.3, 0.4) is 0 Å². The van der Waals surface area contributed by atoms with Crippen LogP contribution in [0.25, 0.3) is 10.9 Å². The Morgan fingerprint density at radius 2 is 2.14 bits per heavy atom. The molecule has 1 aromatic heterocycles. The van der Waals surface area contributed by atoms with Crippen LogP contribution in [0.15, 0.2) is 29.1 Å². The number of aromatic nitrogens is 2. The first-order chi connectivity index (χ1) is 10.1. The van der Waals surface area contributed by atoms with E-state index in [4.69, 9.17) is 12.2 Å². The molecule has 1 heterocycles. The number of hydrogen-bond donors (Lipinski definition) is 1. The van der Waals surface area contributed by atoms with Crippen LogP contribution in [0.4, 0.5) is 0 Å². The molecule has 0 saturated heterocycles. The predicted octanol–water partition coefficient (Wildman–Crippen LogP) is 2.07. The van der Waals surface area contributed by atoms with Crippen molar-refractivity contribution in [1.29, 1.82) is 0 Å². The first kappa shape index (κ1) is 14.0. The van der Waals surface area contributed by atoms with E-state index in [1.165, 1.54) is 4.57 Å². The summed E-state index contributed by atoms with van der Waals surface area (Å²) < 4.78 is 1.64. The third-order valence-electron chi connectivity index (χ3n) is 3.83. The molecule has 1 aliphatic carbocycles. The zero-order valence-corrected chi connectivity index (χ0v) is 12.7. The van der Waals surface area contributed by atoms with Gasteiger partial charge < -0.3 is 9.88 Å². The van der Waals surface area contributed by atoms with E-state index in [-0.39, 0.29) is 18.0 Å². The molecule has 1 aromatic carbocycles. The van der Waals surface area contributed by atoms with Crippen molar-refractivity contribution in [3.05, 3.63) is 39.4 Å². The van der Waals surface area contributed by atoms with Crippen molar-refractivity contribution in [1.82, 2.24) is 14.5 Å². The highest BCUT2D eigenvalue weighted by Crippen LogP contribution is 2.26. The Labute approximate surface area is 127 Å². The van der Waals surface area contributed by atoms with Gasteiger partial charge in [0.05, 0.1) is 10.9 Å². The van der Waals surface area contributed by atoms with Crippen molar-refractivity contribution in [2.75, 3.05) is 6.54 Å². The van der Waals surface area contributed by atoms with E-state index in [0.29, 0.717) is 28.3 Å². The highest BCUT2D eigenvalue weighted by Gasteiger charge is 2.31. The Kier molecular flexibility index (Phi) is 3.63. The Balaban J connectivity index is 1.99. The van der Waals surface area contributed by atoms with Crippen molar-refractivity contribution in [2.45, 2.75) is 32.4 Å². The van der Waals surface area contributed by atoms with Gasteiger partial charge in [-0.05, 0) is 44.1 Å². The number of fused-ring (bicyclic) bond motifs is 1. The fourth-order valence-electron chi connectivity index (χ4n) is 2.59. The van der Waals surface area contributed by atoms with Gasteiger partial charge in [0.2, 0.25) is 5.91 Å². The van der Waals surface area contributed by atoms with Crippen LogP contribution >= 0.6 is 12.2 Å². The number of aromatic amines is 1. The van der Waals surface area contributed by atoms with Crippen molar-refractivity contribution in [3.8, 4) is 0 Å². The largest absolute Gasteiger partial charge is 0.338 e. The summed E-state index contributed by atoms with van der Waals surface area (Å²) in [4.78, 5) is 29.7. The summed E-state index contributed by atoms with van der Waals surface area (Å²) in [6, 6.07) is 7.53. The second kappa shape index (κ2) is 5.44. The van der Waals surface area contributed by atoms with Gasteiger partial charge >= 0.3 is 0 Å². The lowest BCUT2D eigenvalue weighted by Crippen LogP contribution is -2.38. The van der Waals surface area contributed by atoms with E-state index in [9.17, 15) is 9.59 Å². The Hall–Kier alpha value is -1.95. The number of H-pyrrole nitrogens is 1. The number of rotatable bonds is 4. The van der Waals surface area contributed by atoms with Crippen LogP contribution in [-0.4, -0.2) is 32.9 Å². The molecule has 0 bridgehead atoms. The number of amides is 1. The summed E-state index contributed by atoms with van der Waals surface area (Å²) in [7, 11) is 0. The minimum atomic E-state index is -0.213. The first-order valence-corrected chi connectivity index (χ1v) is 7.54. The van der Waals surface area contributed by atoms with Crippen LogP contribution in [-0.2, 0) is 11.3 Å². The summed E-state index contributed by atoms with van der Waals surface area (Å²) >= 11 is 5.23. The fourth-order valence-corrected chi connectivity index (χ4v) is 2.85. The molecule has 1 fully saturated rings. The predicted molar refractivity (Wildman–Crippen MR) is 83.8 cm³/mol. The van der Waals surface area contributed by atoms with Gasteiger partial charge in [-0.15, -0.1) is 0 Å². The number of likely N-dealkylation sites (N-methyl/N-ethyl adjacent to an activating group) is 1. The van der Waals surface area contributed by atoms with Gasteiger partial charge in [-0.2, -0.15) is 0 Å². The van der Waals surface area contributed by atoms with E-state index in [1.807, 2.05) is 17.9 Å². The Bertz CT molecular complexity index is 804. The van der Waals surface area contributed by atoms with Crippen LogP contribution in [0.1, 0.15) is 19.8 Å². The monoisotopic (exact) mass is 303 g/mol. The van der Waals surface area contributed by atoms with Crippen molar-refractivity contribution < 1.29 is 4.79 Å². The molecular formula is C15H17N3O2S. The lowest BCUT2D eigenvalue weighted by atomic mass is 10.2. The number of carbonyl (C=O) groups is 1. The summed E-state index contributed by atoms with van der Waals surface area (Å²) in [5.74, 6) is -0.0446. The number of para-hydroxylation sites is 1. The minimum Gasteiger partial charge on any atom is -0.338 e. The molecule has 0 atom stereocenters. The lowest BCUT2D eigenvalue weighted by Gasteiger charge is -2.20. The van der Waals surface area contributed by atoms with E-state index < -0.39 is 0 Å². The average molecular weight is 303 g/mol. The molecule has 2 aromatic rings. The molecule has 0 radical (unpaired) electrons. The smallest absolute Gasteiger partial charge is 0.262 e. The zero-order chi connectivity index (χ0) is 15.0. The van der Waals surface area contributed by atoms with Gasteiger partial charge in [0.1, 0.15) is 6.54 Å². The maximum Gasteiger partial charge on any atom is 0.262 e. The van der Waals surface area contributed by atoms with Crippen LogP contribution in [0.2, 0.25) is 0 Å². The van der Waals surface area contributed by atoms with Gasteiger partial charge in [-0.3, -0.25) is 14.2 Å². The lowest BCUT2D eigenvalue weighted by molar-refractivity contribution is -0.132. The second-order valence-corrected chi connectivity index (χ2v) is 5.66. The summed E-state index contributed by atoms with van der Waals surface area (Å²) in [5.41, 5.74) is 0.486. The fraction of sp³-hybridized carbons (Fsp3) is 0.400. The molecule has 0 spiro atoms. The molecule has 6 heteroatoms. The maximum atomic E-state index is 12.5. The van der Waals surface area contributed by atoms with Crippen LogP contribution in [0.5, 0.6) is 0 Å². The summed E-state index contributed by atoms with van der Waals surface area (Å²) in [5, 5.41) is 0.549. The second-order valence-electron chi connectivity index (χ2n) is 5.28. The van der Waals surface area contributed by atoms with E-state index in [0.717, 1.165) is 12.8 Å². The third-order valence-corrected chi connectivity index (χ3v) is 4.15. The normalized spacial score (nSPS) is 14.3. The first-order valence-electron chi connectivity index (χ1n) is 7.13. The number of benzene rings is 1. The van der Waals surface area contributed by atoms with Gasteiger partial charge in [-0.1, -0.05) is 12.1 Å². The minimum absolute atomic E-state index is 0.00331. The molecule has 1 N–H and O–H groups in total. The molecule has 110 valence electrons. The highest BCUT2D eigenvalue weighted by atomic mass is 32.1. The molecule has 1 saturated carbocycles. The standard InChI is InChI=1S/C15H17N3O2S/c1-2-17(10-7-8-10)13(19)9-18-14(20)11-5-3-4-6-12(11)16-15(18)21/h3-6,10H,2,7-9H2,1H3,(H,16,21). The van der Waals surface area contributed by atoms with Crippen molar-refractivity contribution in [3.63, 3.8) is 0 Å². The van der Waals surface area contributed by atoms with Gasteiger partial charge in [0.25, 0.3) is 5.56 Å². The molecule has 5 nitrogen and oxygen atoms in total. The number of nitrogens with zero attached hydrogens (tertiary/aromatic N) is 2. The van der Waals surface area contributed by atoms with Crippen molar-refractivity contribution >= 4 is 29.0 Å². The summed E-state index contributed by atoms with van der Waals surface area (Å²) in [6.07, 6.45) is 2.11. The Morgan fingerprint density at radius 1 is 1.43 bits per heavy atom. The number of carbonyl (C=O) groups excluding carboxylic acids is 1. The Morgan fingerprint density at radius 3 is 2.81 bits per heavy atom. The quantitative estimate of drug-likeness (QED) is 0.880. The topological polar surface area (TPSA) is 58.1 Å². The summed E-state index contributed by atoms with van der Waals surface area (Å²) in [6.45, 7) is 2.63. The van der Waals surface area contributed by atoms with E-state index in [1.54, 1.807) is 18.2 Å². The van der Waals surface area contributed by atoms with Gasteiger partial charge in [0, 0.05) is 12.6 Å². The van der Waals surface area contributed by atoms with Crippen LogP contribution in [0, 0.1) is 4.77 Å². The van der Waals surface area contributed by atoms with E-state index in [2.05, 4.69) is 4.98 Å². The molecule has 1 aliphatic rings. The molecule has 3 rings (SSSR count). The molecule has 1 amide bonds. The number of hydrogen-bond acceptors (Lipinski definition) is 3. The van der Waals surface area contributed by atoms with Gasteiger partial charge in [0.15, 0.2) is 4.77 Å². The highest BCUT2D eigenvalue weighted by molar-refractivity contribution is 7.71. The van der Waals surface area contributed by atoms with E-state index >= 15 is 0 Å². The maximum absolute atomic E-state index is 12.5. The van der Waals surface area contributed by atoms with Crippen molar-refractivity contribution in [2.24, 2.45) is 0 Å². The third kappa shape index (κ3) is 2.63. The molecule has 21 heavy (non-hydrogen) atoms. The number of nitrogens with one attached hydrogen (secondary N) is 1. The van der Waals surface area contributed by atoms with Gasteiger partial charge in [-0.25, -0.2) is 0 Å². The van der Waals surface area contributed by atoms with Crippen LogP contribution < -0.4 is 5.56 Å².